The average molecular weight is 355 g/mol. The monoisotopic (exact) mass is 355 g/mol. The van der Waals surface area contributed by atoms with Crippen LogP contribution in [0, 0.1) is 10.1 Å². The molecular weight excluding hydrogens is 334 g/mol. The first-order valence-corrected chi connectivity index (χ1v) is 8.38. The minimum absolute atomic E-state index is 0.0220. The molecule has 2 N–H and O–H groups in total. The summed E-state index contributed by atoms with van der Waals surface area (Å²) in [5.74, 6) is -0.0707. The number of methoxy groups -OCH3 is 1. The molecule has 0 aromatic heterocycles. The quantitative estimate of drug-likeness (QED) is 0.657. The number of ether oxygens (including phenoxy) is 1. The molecule has 7 nitrogen and oxygen atoms in total. The predicted octanol–water partition coefficient (Wildman–Crippen LogP) is 2.97. The second kappa shape index (κ2) is 7.03. The molecule has 0 saturated carbocycles. The number of nitrogens with two attached hydrogens (primary N) is 1. The van der Waals surface area contributed by atoms with Crippen LogP contribution in [0.3, 0.4) is 0 Å². The standard InChI is InChI=1S/C19H21N3O4/c1-12-9-16(19(20)23)15-5-3-4-6-17(15)21(12)11-13-10-14(22(24)25)7-8-18(13)26-2/h3-8,10,12,16H,9,11H2,1-2H3,(H2,20,23)/t12-,16-/m0/s1. The highest BCUT2D eigenvalue weighted by molar-refractivity contribution is 5.85. The summed E-state index contributed by atoms with van der Waals surface area (Å²) in [6.07, 6.45) is 0.601. The summed E-state index contributed by atoms with van der Waals surface area (Å²) in [4.78, 5) is 24.7. The number of primary amides is 1. The van der Waals surface area contributed by atoms with Crippen LogP contribution in [0.15, 0.2) is 42.5 Å². The van der Waals surface area contributed by atoms with Gasteiger partial charge in [0, 0.05) is 36.0 Å². The molecule has 0 bridgehead atoms. The van der Waals surface area contributed by atoms with Crippen LogP contribution < -0.4 is 15.4 Å². The summed E-state index contributed by atoms with van der Waals surface area (Å²) < 4.78 is 5.38. The van der Waals surface area contributed by atoms with Gasteiger partial charge in [0.1, 0.15) is 5.75 Å². The number of nitro benzene ring substituents is 1. The summed E-state index contributed by atoms with van der Waals surface area (Å²) >= 11 is 0. The largest absolute Gasteiger partial charge is 0.496 e. The minimum Gasteiger partial charge on any atom is -0.496 e. The van der Waals surface area contributed by atoms with Crippen LogP contribution in [0.1, 0.15) is 30.4 Å². The Morgan fingerprint density at radius 3 is 2.73 bits per heavy atom. The van der Waals surface area contributed by atoms with Crippen molar-refractivity contribution in [2.24, 2.45) is 5.73 Å². The third-order valence-electron chi connectivity index (χ3n) is 4.89. The Hall–Kier alpha value is -3.09. The molecule has 0 spiro atoms. The maximum absolute atomic E-state index is 11.9. The van der Waals surface area contributed by atoms with Crippen molar-refractivity contribution in [3.8, 4) is 5.75 Å². The van der Waals surface area contributed by atoms with Gasteiger partial charge in [0.05, 0.1) is 18.0 Å². The van der Waals surface area contributed by atoms with Gasteiger partial charge >= 0.3 is 0 Å². The number of non-ortho nitro benzene ring substituents is 1. The second-order valence-corrected chi connectivity index (χ2v) is 6.48. The highest BCUT2D eigenvalue weighted by Gasteiger charge is 2.33. The van der Waals surface area contributed by atoms with Gasteiger partial charge in [-0.15, -0.1) is 0 Å². The number of anilines is 1. The molecule has 1 heterocycles. The van der Waals surface area contributed by atoms with Crippen molar-refractivity contribution in [2.75, 3.05) is 12.0 Å². The Morgan fingerprint density at radius 1 is 1.35 bits per heavy atom. The summed E-state index contributed by atoms with van der Waals surface area (Å²) in [6, 6.07) is 12.3. The third kappa shape index (κ3) is 3.20. The van der Waals surface area contributed by atoms with Crippen molar-refractivity contribution in [3.63, 3.8) is 0 Å². The van der Waals surface area contributed by atoms with Gasteiger partial charge in [-0.1, -0.05) is 18.2 Å². The summed E-state index contributed by atoms with van der Waals surface area (Å²) in [7, 11) is 1.54. The van der Waals surface area contributed by atoms with Crippen molar-refractivity contribution in [2.45, 2.75) is 31.8 Å². The van der Waals surface area contributed by atoms with Crippen molar-refractivity contribution in [1.29, 1.82) is 0 Å². The normalized spacial score (nSPS) is 18.9. The van der Waals surface area contributed by atoms with Gasteiger partial charge in [0.2, 0.25) is 5.91 Å². The van der Waals surface area contributed by atoms with Crippen molar-refractivity contribution in [3.05, 3.63) is 63.7 Å². The van der Waals surface area contributed by atoms with Crippen LogP contribution in [0.25, 0.3) is 0 Å². The lowest BCUT2D eigenvalue weighted by Crippen LogP contribution is -2.41. The maximum atomic E-state index is 11.9. The van der Waals surface area contributed by atoms with Crippen LogP contribution in [-0.2, 0) is 11.3 Å². The number of fused-ring (bicyclic) bond motifs is 1. The molecule has 1 amide bonds. The highest BCUT2D eigenvalue weighted by atomic mass is 16.6. The van der Waals surface area contributed by atoms with E-state index in [9.17, 15) is 14.9 Å². The zero-order valence-electron chi connectivity index (χ0n) is 14.7. The number of carbonyl (C=O) groups is 1. The van der Waals surface area contributed by atoms with E-state index in [1.165, 1.54) is 12.1 Å². The molecule has 0 aliphatic carbocycles. The Morgan fingerprint density at radius 2 is 2.08 bits per heavy atom. The molecule has 2 aromatic carbocycles. The summed E-state index contributed by atoms with van der Waals surface area (Å²) in [6.45, 7) is 2.46. The Kier molecular flexibility index (Phi) is 4.79. The van der Waals surface area contributed by atoms with Gasteiger partial charge in [-0.05, 0) is 31.0 Å². The van der Waals surface area contributed by atoms with Crippen molar-refractivity contribution < 1.29 is 14.5 Å². The van der Waals surface area contributed by atoms with Gasteiger partial charge in [0.25, 0.3) is 5.69 Å². The van der Waals surface area contributed by atoms with E-state index in [4.69, 9.17) is 10.5 Å². The molecule has 26 heavy (non-hydrogen) atoms. The Bertz CT molecular complexity index is 852. The number of carbonyl (C=O) groups excluding carboxylic acids is 1. The van der Waals surface area contributed by atoms with Gasteiger partial charge in [0.15, 0.2) is 0 Å². The Labute approximate surface area is 151 Å². The predicted molar refractivity (Wildman–Crippen MR) is 98.3 cm³/mol. The minimum atomic E-state index is -0.417. The fourth-order valence-corrected chi connectivity index (χ4v) is 3.57. The molecule has 1 aliphatic heterocycles. The van der Waals surface area contributed by atoms with Crippen molar-refractivity contribution >= 4 is 17.3 Å². The number of amides is 1. The van der Waals surface area contributed by atoms with Gasteiger partial charge < -0.3 is 15.4 Å². The first kappa shape index (κ1) is 17.7. The number of para-hydroxylation sites is 1. The number of rotatable bonds is 5. The van der Waals surface area contributed by atoms with E-state index in [0.717, 1.165) is 16.8 Å². The first-order chi connectivity index (χ1) is 12.4. The van der Waals surface area contributed by atoms with Crippen LogP contribution >= 0.6 is 0 Å². The molecule has 1 aliphatic rings. The molecule has 0 saturated heterocycles. The number of benzene rings is 2. The fourth-order valence-electron chi connectivity index (χ4n) is 3.57. The summed E-state index contributed by atoms with van der Waals surface area (Å²) in [5.41, 5.74) is 8.14. The molecule has 0 unspecified atom stereocenters. The lowest BCUT2D eigenvalue weighted by atomic mass is 9.85. The van der Waals surface area contributed by atoms with Crippen molar-refractivity contribution in [1.82, 2.24) is 0 Å². The van der Waals surface area contributed by atoms with Crippen LogP contribution in [-0.4, -0.2) is 24.0 Å². The summed E-state index contributed by atoms with van der Waals surface area (Å²) in [5, 5.41) is 11.1. The van der Waals surface area contributed by atoms with E-state index >= 15 is 0 Å². The average Bonchev–Trinajstić information content (AvgIpc) is 2.63. The SMILES string of the molecule is COc1ccc([N+](=O)[O-])cc1CN1c2ccccc2[C@@H](C(N)=O)C[C@@H]1C. The fraction of sp³-hybridized carbons (Fsp3) is 0.316. The van der Waals surface area contributed by atoms with Crippen LogP contribution in [0.5, 0.6) is 5.75 Å². The number of hydrogen-bond donors (Lipinski definition) is 1. The molecule has 2 aromatic rings. The molecule has 3 rings (SSSR count). The van der Waals surface area contributed by atoms with Gasteiger partial charge in [-0.25, -0.2) is 0 Å². The smallest absolute Gasteiger partial charge is 0.270 e. The van der Waals surface area contributed by atoms with Gasteiger partial charge in [-0.3, -0.25) is 14.9 Å². The molecular formula is C19H21N3O4. The topological polar surface area (TPSA) is 98.7 Å². The lowest BCUT2D eigenvalue weighted by Gasteiger charge is -2.40. The van der Waals surface area contributed by atoms with E-state index in [0.29, 0.717) is 18.7 Å². The maximum Gasteiger partial charge on any atom is 0.270 e. The van der Waals surface area contributed by atoms with E-state index in [-0.39, 0.29) is 23.6 Å². The van der Waals surface area contributed by atoms with Crippen LogP contribution in [0.2, 0.25) is 0 Å². The number of nitro groups is 1. The zero-order valence-corrected chi connectivity index (χ0v) is 14.7. The molecule has 2 atom stereocenters. The second-order valence-electron chi connectivity index (χ2n) is 6.48. The lowest BCUT2D eigenvalue weighted by molar-refractivity contribution is -0.384. The van der Waals surface area contributed by atoms with Crippen LogP contribution in [0.4, 0.5) is 11.4 Å². The molecule has 0 radical (unpaired) electrons. The first-order valence-electron chi connectivity index (χ1n) is 8.38. The third-order valence-corrected chi connectivity index (χ3v) is 4.89. The van der Waals surface area contributed by atoms with Gasteiger partial charge in [-0.2, -0.15) is 0 Å². The zero-order chi connectivity index (χ0) is 18.8. The molecule has 0 fully saturated rings. The molecule has 7 heteroatoms. The number of nitrogens with zero attached hydrogens (tertiary/aromatic N) is 2. The highest BCUT2D eigenvalue weighted by Crippen LogP contribution is 2.40. The van der Waals surface area contributed by atoms with E-state index in [1.807, 2.05) is 31.2 Å². The van der Waals surface area contributed by atoms with E-state index in [2.05, 4.69) is 4.90 Å². The van der Waals surface area contributed by atoms with E-state index in [1.54, 1.807) is 13.2 Å². The molecule has 136 valence electrons. The van der Waals surface area contributed by atoms with E-state index < -0.39 is 4.92 Å². The number of hydrogen-bond acceptors (Lipinski definition) is 5. The Balaban J connectivity index is 2.02.